The van der Waals surface area contributed by atoms with Gasteiger partial charge < -0.3 is 4.98 Å². The molecule has 0 spiro atoms. The molecule has 1 rings (SSSR count). The summed E-state index contributed by atoms with van der Waals surface area (Å²) in [7, 11) is 1.30. The number of nitrogens with one attached hydrogen (secondary N) is 1. The molecular weight excluding hydrogens is 128 g/mol. The number of hydrogen-bond donors (Lipinski definition) is 2. The van der Waals surface area contributed by atoms with Crippen LogP contribution >= 0.6 is 22.5 Å². The predicted octanol–water partition coefficient (Wildman–Crippen LogP) is 1.35. The minimum atomic E-state index is 0.836. The van der Waals surface area contributed by atoms with Gasteiger partial charge in [0, 0.05) is 12.4 Å². The van der Waals surface area contributed by atoms with Crippen molar-refractivity contribution >= 4 is 22.5 Å². The Kier molecular flexibility index (Phi) is 1.64. The quantitative estimate of drug-likeness (QED) is 0.446. The SMILES string of the molecule is SSc1ncc[nH]1. The van der Waals surface area contributed by atoms with E-state index in [-0.39, 0.29) is 0 Å². The van der Waals surface area contributed by atoms with Gasteiger partial charge in [0.1, 0.15) is 0 Å². The Labute approximate surface area is 50.5 Å². The van der Waals surface area contributed by atoms with E-state index in [4.69, 9.17) is 0 Å². The number of nitrogens with zero attached hydrogens (tertiary/aromatic N) is 1. The molecule has 0 aliphatic heterocycles. The number of aromatic amines is 1. The summed E-state index contributed by atoms with van der Waals surface area (Å²) in [6, 6.07) is 0. The lowest BCUT2D eigenvalue weighted by atomic mass is 11.0. The third kappa shape index (κ3) is 1.14. The van der Waals surface area contributed by atoms with Crippen molar-refractivity contribution in [2.45, 2.75) is 5.16 Å². The zero-order chi connectivity index (χ0) is 5.11. The average molecular weight is 132 g/mol. The number of aromatic nitrogens is 2. The van der Waals surface area contributed by atoms with Gasteiger partial charge in [0.05, 0.1) is 0 Å². The first-order chi connectivity index (χ1) is 3.43. The van der Waals surface area contributed by atoms with E-state index in [0.29, 0.717) is 0 Å². The second kappa shape index (κ2) is 2.28. The summed E-state index contributed by atoms with van der Waals surface area (Å²) in [5.74, 6) is 0. The molecule has 38 valence electrons. The van der Waals surface area contributed by atoms with Crippen LogP contribution in [0.1, 0.15) is 0 Å². The molecule has 0 aromatic carbocycles. The van der Waals surface area contributed by atoms with E-state index in [9.17, 15) is 0 Å². The van der Waals surface area contributed by atoms with Crippen molar-refractivity contribution in [3.63, 3.8) is 0 Å². The highest BCUT2D eigenvalue weighted by Gasteiger charge is 1.84. The molecule has 0 aliphatic carbocycles. The van der Waals surface area contributed by atoms with Crippen molar-refractivity contribution in [3.8, 4) is 0 Å². The van der Waals surface area contributed by atoms with Gasteiger partial charge in [0.25, 0.3) is 0 Å². The van der Waals surface area contributed by atoms with Crippen LogP contribution in [0, 0.1) is 0 Å². The summed E-state index contributed by atoms with van der Waals surface area (Å²) in [5, 5.41) is 0.836. The molecule has 0 amide bonds. The highest BCUT2D eigenvalue weighted by molar-refractivity contribution is 8.68. The molecule has 0 atom stereocenters. The van der Waals surface area contributed by atoms with Crippen LogP contribution in [-0.2, 0) is 0 Å². The summed E-state index contributed by atoms with van der Waals surface area (Å²) in [4.78, 5) is 6.73. The zero-order valence-electron chi connectivity index (χ0n) is 3.46. The number of H-pyrrole nitrogens is 1. The lowest BCUT2D eigenvalue weighted by molar-refractivity contribution is 1.07. The van der Waals surface area contributed by atoms with Crippen molar-refractivity contribution < 1.29 is 0 Å². The molecule has 1 N–H and O–H groups in total. The lowest BCUT2D eigenvalue weighted by Crippen LogP contribution is -1.63. The van der Waals surface area contributed by atoms with E-state index in [2.05, 4.69) is 21.6 Å². The van der Waals surface area contributed by atoms with Gasteiger partial charge in [-0.2, -0.15) is 0 Å². The van der Waals surface area contributed by atoms with Crippen molar-refractivity contribution in [2.24, 2.45) is 0 Å². The molecule has 0 bridgehead atoms. The van der Waals surface area contributed by atoms with E-state index in [0.717, 1.165) is 5.16 Å². The van der Waals surface area contributed by atoms with E-state index < -0.39 is 0 Å². The van der Waals surface area contributed by atoms with Gasteiger partial charge in [0.2, 0.25) is 0 Å². The first kappa shape index (κ1) is 5.05. The maximum Gasteiger partial charge on any atom is 0.175 e. The van der Waals surface area contributed by atoms with Crippen LogP contribution in [0.25, 0.3) is 0 Å². The molecule has 1 heterocycles. The number of hydrogen-bond acceptors (Lipinski definition) is 3. The molecule has 0 unspecified atom stereocenters. The smallest absolute Gasteiger partial charge is 0.175 e. The van der Waals surface area contributed by atoms with E-state index >= 15 is 0 Å². The second-order valence-corrected chi connectivity index (χ2v) is 2.10. The fourth-order valence-corrected chi connectivity index (χ4v) is 0.829. The summed E-state index contributed by atoms with van der Waals surface area (Å²) < 4.78 is 0. The standard InChI is InChI=1S/C3H4N2S2/c6-7-3-4-1-2-5-3/h1-2,6H,(H,4,5). The van der Waals surface area contributed by atoms with Gasteiger partial charge >= 0.3 is 0 Å². The third-order valence-electron chi connectivity index (χ3n) is 0.560. The highest BCUT2D eigenvalue weighted by atomic mass is 33.1. The maximum absolute atomic E-state index is 3.90. The second-order valence-electron chi connectivity index (χ2n) is 0.986. The fraction of sp³-hybridized carbons (Fsp3) is 0. The zero-order valence-corrected chi connectivity index (χ0v) is 5.17. The molecule has 1 aromatic heterocycles. The average Bonchev–Trinajstić information content (AvgIpc) is 2.14. The molecule has 0 saturated heterocycles. The van der Waals surface area contributed by atoms with Crippen LogP contribution in [-0.4, -0.2) is 9.97 Å². The minimum absolute atomic E-state index is 0.836. The predicted molar refractivity (Wildman–Crippen MR) is 33.4 cm³/mol. The number of rotatable bonds is 1. The van der Waals surface area contributed by atoms with Crippen molar-refractivity contribution in [2.75, 3.05) is 0 Å². The molecule has 0 aliphatic rings. The first-order valence-corrected chi connectivity index (χ1v) is 3.61. The normalized spacial score (nSPS) is 9.29. The topological polar surface area (TPSA) is 28.7 Å². The lowest BCUT2D eigenvalue weighted by Gasteiger charge is -1.77. The molecule has 0 fully saturated rings. The first-order valence-electron chi connectivity index (χ1n) is 1.74. The molecular formula is C3H4N2S2. The Hall–Kier alpha value is -0.0900. The van der Waals surface area contributed by atoms with Gasteiger partial charge in [-0.1, -0.05) is 0 Å². The maximum atomic E-state index is 3.90. The largest absolute Gasteiger partial charge is 0.339 e. The van der Waals surface area contributed by atoms with Crippen LogP contribution in [0.4, 0.5) is 0 Å². The van der Waals surface area contributed by atoms with Crippen LogP contribution in [0.2, 0.25) is 0 Å². The minimum Gasteiger partial charge on any atom is -0.339 e. The number of thiol groups is 1. The fourth-order valence-electron chi connectivity index (χ4n) is 0.301. The van der Waals surface area contributed by atoms with Crippen LogP contribution in [0.3, 0.4) is 0 Å². The van der Waals surface area contributed by atoms with E-state index in [1.165, 1.54) is 10.8 Å². The van der Waals surface area contributed by atoms with Crippen LogP contribution in [0.15, 0.2) is 17.6 Å². The Morgan fingerprint density at radius 1 is 1.86 bits per heavy atom. The van der Waals surface area contributed by atoms with E-state index in [1.807, 2.05) is 0 Å². The Balaban J connectivity index is 2.76. The molecule has 1 aromatic rings. The van der Waals surface area contributed by atoms with Crippen LogP contribution < -0.4 is 0 Å². The molecule has 0 saturated carbocycles. The number of imidazole rings is 1. The summed E-state index contributed by atoms with van der Waals surface area (Å²) in [6.45, 7) is 0. The van der Waals surface area contributed by atoms with Gasteiger partial charge in [-0.3, -0.25) is 0 Å². The summed E-state index contributed by atoms with van der Waals surface area (Å²) >= 11 is 3.90. The van der Waals surface area contributed by atoms with Gasteiger partial charge in [-0.15, -0.1) is 11.7 Å². The van der Waals surface area contributed by atoms with Gasteiger partial charge in [-0.25, -0.2) is 4.98 Å². The van der Waals surface area contributed by atoms with E-state index in [1.54, 1.807) is 12.4 Å². The van der Waals surface area contributed by atoms with Crippen molar-refractivity contribution in [1.82, 2.24) is 9.97 Å². The molecule has 0 radical (unpaired) electrons. The Morgan fingerprint density at radius 3 is 3.00 bits per heavy atom. The van der Waals surface area contributed by atoms with Crippen molar-refractivity contribution in [1.29, 1.82) is 0 Å². The monoisotopic (exact) mass is 132 g/mol. The highest BCUT2D eigenvalue weighted by Crippen LogP contribution is 2.13. The molecule has 7 heavy (non-hydrogen) atoms. The van der Waals surface area contributed by atoms with Crippen molar-refractivity contribution in [3.05, 3.63) is 12.4 Å². The van der Waals surface area contributed by atoms with Crippen LogP contribution in [0.5, 0.6) is 0 Å². The Morgan fingerprint density at radius 2 is 2.71 bits per heavy atom. The molecule has 4 heteroatoms. The summed E-state index contributed by atoms with van der Waals surface area (Å²) in [5.41, 5.74) is 0. The van der Waals surface area contributed by atoms with Gasteiger partial charge in [-0.05, 0) is 10.8 Å². The third-order valence-corrected chi connectivity index (χ3v) is 1.47. The summed E-state index contributed by atoms with van der Waals surface area (Å²) in [6.07, 6.45) is 3.46. The van der Waals surface area contributed by atoms with Gasteiger partial charge in [0.15, 0.2) is 5.16 Å². The Bertz CT molecular complexity index is 125. The molecule has 2 nitrogen and oxygen atoms in total.